The minimum absolute atomic E-state index is 0.153. The van der Waals surface area contributed by atoms with Crippen molar-refractivity contribution in [2.75, 3.05) is 0 Å². The van der Waals surface area contributed by atoms with Gasteiger partial charge in [-0.05, 0) is 24.5 Å². The van der Waals surface area contributed by atoms with E-state index in [1.54, 1.807) is 6.08 Å². The van der Waals surface area contributed by atoms with Crippen LogP contribution in [-0.2, 0) is 9.53 Å². The smallest absolute Gasteiger partial charge is 0.191 e. The summed E-state index contributed by atoms with van der Waals surface area (Å²) in [7, 11) is 0. The molecule has 62 valence electrons. The van der Waals surface area contributed by atoms with Gasteiger partial charge in [0.1, 0.15) is 0 Å². The first-order valence-electron chi connectivity index (χ1n) is 4.41. The number of ether oxygens (including phenoxy) is 1. The van der Waals surface area contributed by atoms with E-state index >= 15 is 0 Å². The number of carbonyl (C=O) groups is 1. The molecule has 2 heteroatoms. The summed E-state index contributed by atoms with van der Waals surface area (Å²) in [4.78, 5) is 11.6. The van der Waals surface area contributed by atoms with Crippen LogP contribution in [0.25, 0.3) is 0 Å². The lowest BCUT2D eigenvalue weighted by atomic mass is 9.92. The van der Waals surface area contributed by atoms with Crippen molar-refractivity contribution in [1.82, 2.24) is 0 Å². The highest BCUT2D eigenvalue weighted by Gasteiger charge is 2.52. The molecule has 0 radical (unpaired) electrons. The largest absolute Gasteiger partial charge is 0.355 e. The Balaban J connectivity index is 2.17. The lowest BCUT2D eigenvalue weighted by Gasteiger charge is -2.26. The topological polar surface area (TPSA) is 26.3 Å². The van der Waals surface area contributed by atoms with Gasteiger partial charge in [-0.2, -0.15) is 0 Å². The Hall–Kier alpha value is -0.890. The van der Waals surface area contributed by atoms with Crippen molar-refractivity contribution in [3.63, 3.8) is 0 Å². The molecule has 1 aliphatic carbocycles. The molecule has 2 bridgehead atoms. The van der Waals surface area contributed by atoms with Crippen molar-refractivity contribution in [2.45, 2.75) is 31.0 Å². The maximum absolute atomic E-state index is 11.6. The monoisotopic (exact) mass is 162 g/mol. The number of ketones is 1. The van der Waals surface area contributed by atoms with E-state index in [2.05, 4.69) is 6.08 Å². The van der Waals surface area contributed by atoms with Gasteiger partial charge in [0.2, 0.25) is 0 Å². The fourth-order valence-electron chi connectivity index (χ4n) is 2.45. The minimum Gasteiger partial charge on any atom is -0.355 e. The van der Waals surface area contributed by atoms with E-state index in [0.29, 0.717) is 0 Å². The number of carbonyl (C=O) groups excluding carboxylic acids is 1. The van der Waals surface area contributed by atoms with Crippen molar-refractivity contribution in [1.29, 1.82) is 0 Å². The number of fused-ring (bicyclic) bond motifs is 1. The van der Waals surface area contributed by atoms with Crippen molar-refractivity contribution < 1.29 is 9.53 Å². The van der Waals surface area contributed by atoms with Crippen LogP contribution < -0.4 is 0 Å². The molecule has 2 aliphatic heterocycles. The molecule has 3 aliphatic rings. The predicted molar refractivity (Wildman–Crippen MR) is 43.7 cm³/mol. The third-order valence-electron chi connectivity index (χ3n) is 3.04. The lowest BCUT2D eigenvalue weighted by molar-refractivity contribution is -0.135. The summed E-state index contributed by atoms with van der Waals surface area (Å²) < 4.78 is 5.72. The Bertz CT molecular complexity index is 314. The first kappa shape index (κ1) is 6.61. The second kappa shape index (κ2) is 1.88. The van der Waals surface area contributed by atoms with Gasteiger partial charge in [0, 0.05) is 6.42 Å². The Morgan fingerprint density at radius 2 is 2.50 bits per heavy atom. The number of rotatable bonds is 0. The molecule has 2 nitrogen and oxygen atoms in total. The van der Waals surface area contributed by atoms with Crippen LogP contribution >= 0.6 is 0 Å². The van der Waals surface area contributed by atoms with Gasteiger partial charge in [-0.25, -0.2) is 0 Å². The van der Waals surface area contributed by atoms with Gasteiger partial charge in [-0.1, -0.05) is 12.2 Å². The van der Waals surface area contributed by atoms with E-state index in [4.69, 9.17) is 4.74 Å². The van der Waals surface area contributed by atoms with E-state index in [-0.39, 0.29) is 11.9 Å². The van der Waals surface area contributed by atoms with Crippen molar-refractivity contribution in [2.24, 2.45) is 0 Å². The van der Waals surface area contributed by atoms with Gasteiger partial charge in [0.05, 0.1) is 6.10 Å². The number of allylic oxidation sites excluding steroid dienone is 1. The average molecular weight is 162 g/mol. The molecule has 1 saturated heterocycles. The second-order valence-electron chi connectivity index (χ2n) is 3.68. The highest BCUT2D eigenvalue weighted by Crippen LogP contribution is 2.47. The van der Waals surface area contributed by atoms with Gasteiger partial charge >= 0.3 is 0 Å². The van der Waals surface area contributed by atoms with Crippen LogP contribution in [0.5, 0.6) is 0 Å². The van der Waals surface area contributed by atoms with Gasteiger partial charge in [-0.3, -0.25) is 4.79 Å². The third-order valence-corrected chi connectivity index (χ3v) is 3.04. The fourth-order valence-corrected chi connectivity index (χ4v) is 2.45. The Morgan fingerprint density at radius 1 is 1.58 bits per heavy atom. The zero-order chi connectivity index (χ0) is 8.18. The highest BCUT2D eigenvalue weighted by atomic mass is 16.5. The summed E-state index contributed by atoms with van der Waals surface area (Å²) >= 11 is 0. The predicted octanol–water partition coefficient (Wildman–Crippen LogP) is 1.37. The lowest BCUT2D eigenvalue weighted by Crippen LogP contribution is -2.39. The zero-order valence-electron chi connectivity index (χ0n) is 6.75. The van der Waals surface area contributed by atoms with E-state index in [1.165, 1.54) is 5.57 Å². The molecule has 1 fully saturated rings. The zero-order valence-corrected chi connectivity index (χ0v) is 6.75. The van der Waals surface area contributed by atoms with Crippen LogP contribution in [0.4, 0.5) is 0 Å². The molecular weight excluding hydrogens is 152 g/mol. The third kappa shape index (κ3) is 0.581. The molecule has 3 rings (SSSR count). The summed E-state index contributed by atoms with van der Waals surface area (Å²) in [6.07, 6.45) is 8.72. The first-order valence-corrected chi connectivity index (χ1v) is 4.41. The first-order chi connectivity index (χ1) is 5.81. The molecule has 0 aromatic heterocycles. The maximum Gasteiger partial charge on any atom is 0.191 e. The number of hydrogen-bond acceptors (Lipinski definition) is 2. The van der Waals surface area contributed by atoms with Crippen LogP contribution in [0.15, 0.2) is 23.8 Å². The van der Waals surface area contributed by atoms with Gasteiger partial charge in [-0.15, -0.1) is 0 Å². The van der Waals surface area contributed by atoms with Crippen molar-refractivity contribution >= 4 is 5.78 Å². The molecule has 0 amide bonds. The Morgan fingerprint density at radius 3 is 3.42 bits per heavy atom. The van der Waals surface area contributed by atoms with Crippen molar-refractivity contribution in [3.05, 3.63) is 23.8 Å². The normalized spacial score (nSPS) is 43.2. The van der Waals surface area contributed by atoms with E-state index in [1.807, 2.05) is 6.08 Å². The molecular formula is C10H10O2. The minimum atomic E-state index is -0.501. The summed E-state index contributed by atoms with van der Waals surface area (Å²) in [5.74, 6) is 0.153. The standard InChI is InChI=1S/C10H10O2/c11-9-4-3-8-6-7-2-1-5-10(7,9)12-8/h2-4,8H,1,5-6H2. The van der Waals surface area contributed by atoms with Crippen LogP contribution in [0.1, 0.15) is 19.3 Å². The van der Waals surface area contributed by atoms with Gasteiger partial charge in [0.25, 0.3) is 0 Å². The van der Waals surface area contributed by atoms with Gasteiger partial charge < -0.3 is 4.74 Å². The molecule has 0 aromatic rings. The molecule has 1 spiro atoms. The quantitative estimate of drug-likeness (QED) is 0.503. The maximum atomic E-state index is 11.6. The van der Waals surface area contributed by atoms with E-state index in [0.717, 1.165) is 19.3 Å². The number of hydrogen-bond donors (Lipinski definition) is 0. The summed E-state index contributed by atoms with van der Waals surface area (Å²) in [5, 5.41) is 0. The summed E-state index contributed by atoms with van der Waals surface area (Å²) in [6, 6.07) is 0. The summed E-state index contributed by atoms with van der Waals surface area (Å²) in [6.45, 7) is 0. The molecule has 2 unspecified atom stereocenters. The highest BCUT2D eigenvalue weighted by molar-refractivity contribution is 6.01. The van der Waals surface area contributed by atoms with Crippen LogP contribution in [-0.4, -0.2) is 17.5 Å². The molecule has 12 heavy (non-hydrogen) atoms. The molecule has 0 N–H and O–H groups in total. The fraction of sp³-hybridized carbons (Fsp3) is 0.500. The van der Waals surface area contributed by atoms with Gasteiger partial charge in [0.15, 0.2) is 11.4 Å². The van der Waals surface area contributed by atoms with E-state index < -0.39 is 5.60 Å². The Kier molecular flexibility index (Phi) is 1.04. The average Bonchev–Trinajstić information content (AvgIpc) is 2.52. The molecule has 2 heterocycles. The SMILES string of the molecule is O=C1C=CC2CC3=CCCC13O2. The van der Waals surface area contributed by atoms with Crippen LogP contribution in [0, 0.1) is 0 Å². The van der Waals surface area contributed by atoms with E-state index in [9.17, 15) is 4.79 Å². The van der Waals surface area contributed by atoms with Crippen LogP contribution in [0.3, 0.4) is 0 Å². The molecule has 2 atom stereocenters. The van der Waals surface area contributed by atoms with Crippen LogP contribution in [0.2, 0.25) is 0 Å². The Labute approximate surface area is 70.9 Å². The van der Waals surface area contributed by atoms with Crippen molar-refractivity contribution in [3.8, 4) is 0 Å². The second-order valence-corrected chi connectivity index (χ2v) is 3.68. The molecule has 0 aromatic carbocycles. The molecule has 0 saturated carbocycles. The summed E-state index contributed by atoms with van der Waals surface area (Å²) in [5.41, 5.74) is 0.724.